The smallest absolute Gasteiger partial charge is 0.268 e. The third-order valence-electron chi connectivity index (χ3n) is 6.26. The number of pyridine rings is 1. The number of ether oxygens (including phenoxy) is 1. The molecule has 8 nitrogen and oxygen atoms in total. The van der Waals surface area contributed by atoms with Gasteiger partial charge in [-0.1, -0.05) is 53.2 Å². The van der Waals surface area contributed by atoms with E-state index in [4.69, 9.17) is 20.9 Å². The highest BCUT2D eigenvalue weighted by atomic mass is 35.5. The molecule has 7 rings (SSSR count). The Bertz CT molecular complexity index is 1990. The molecule has 0 saturated carbocycles. The van der Waals surface area contributed by atoms with Gasteiger partial charge < -0.3 is 14.6 Å². The van der Waals surface area contributed by atoms with Crippen LogP contribution >= 0.6 is 22.9 Å². The highest BCUT2D eigenvalue weighted by Crippen LogP contribution is 2.39. The van der Waals surface area contributed by atoms with Crippen LogP contribution < -0.4 is 10.1 Å². The van der Waals surface area contributed by atoms with E-state index in [1.165, 1.54) is 11.3 Å². The van der Waals surface area contributed by atoms with E-state index >= 15 is 0 Å². The number of nitrogens with zero attached hydrogens (tertiary/aromatic N) is 5. The minimum atomic E-state index is 0.471. The van der Waals surface area contributed by atoms with Gasteiger partial charge in [0.25, 0.3) is 5.89 Å². The Labute approximate surface area is 237 Å². The zero-order chi connectivity index (χ0) is 27.1. The lowest BCUT2D eigenvalue weighted by Gasteiger charge is -2.12. The maximum atomic E-state index is 6.23. The van der Waals surface area contributed by atoms with Gasteiger partial charge in [-0.15, -0.1) is 21.5 Å². The third kappa shape index (κ3) is 4.61. The monoisotopic (exact) mass is 562 g/mol. The summed E-state index contributed by atoms with van der Waals surface area (Å²) in [5.74, 6) is 3.12. The fourth-order valence-electron chi connectivity index (χ4n) is 4.38. The number of hydrogen-bond donors (Lipinski definition) is 1. The van der Waals surface area contributed by atoms with Crippen molar-refractivity contribution in [2.24, 2.45) is 0 Å². The van der Waals surface area contributed by atoms with Crippen molar-refractivity contribution in [2.45, 2.75) is 6.92 Å². The molecule has 1 N–H and O–H groups in total. The molecule has 0 spiro atoms. The van der Waals surface area contributed by atoms with Crippen LogP contribution in [0.4, 0.5) is 11.5 Å². The Morgan fingerprint density at radius 2 is 1.70 bits per heavy atom. The lowest BCUT2D eigenvalue weighted by molar-refractivity contribution is 0.426. The van der Waals surface area contributed by atoms with Crippen LogP contribution in [0.15, 0.2) is 95.6 Å². The molecule has 0 bridgehead atoms. The minimum Gasteiger partial charge on any atom is -0.456 e. The van der Waals surface area contributed by atoms with Gasteiger partial charge in [0.1, 0.15) is 17.2 Å². The Hall–Kier alpha value is -4.86. The molecule has 40 heavy (non-hydrogen) atoms. The number of aryl methyl sites for hydroxylation is 1. The van der Waals surface area contributed by atoms with Crippen molar-refractivity contribution >= 4 is 55.4 Å². The standard InChI is InChI=1S/C30H19ClN6O2S/c1-17-33-30(39-37-17)26-16-24-28(40-26)25(14-15-32-24)38-21-12-10-20(11-13-21)34-29-23-5-3-2-4-22(23)27(35-36-29)18-6-8-19(31)9-7-18/h2-16H,1H3,(H,34,36). The van der Waals surface area contributed by atoms with E-state index in [-0.39, 0.29) is 0 Å². The number of fused-ring (bicyclic) bond motifs is 2. The highest BCUT2D eigenvalue weighted by molar-refractivity contribution is 7.22. The minimum absolute atomic E-state index is 0.471. The summed E-state index contributed by atoms with van der Waals surface area (Å²) in [5.41, 5.74) is 3.42. The van der Waals surface area contributed by atoms with Crippen molar-refractivity contribution in [1.82, 2.24) is 25.3 Å². The van der Waals surface area contributed by atoms with Crippen molar-refractivity contribution in [3.8, 4) is 33.5 Å². The Balaban J connectivity index is 1.14. The number of rotatable bonds is 6. The van der Waals surface area contributed by atoms with E-state index in [1.54, 1.807) is 13.1 Å². The molecule has 10 heteroatoms. The maximum absolute atomic E-state index is 6.23. The number of hydrogen-bond acceptors (Lipinski definition) is 9. The molecular formula is C30H19ClN6O2S. The van der Waals surface area contributed by atoms with Crippen molar-refractivity contribution in [3.63, 3.8) is 0 Å². The van der Waals surface area contributed by atoms with E-state index in [2.05, 4.69) is 30.6 Å². The lowest BCUT2D eigenvalue weighted by atomic mass is 10.0. The second-order valence-electron chi connectivity index (χ2n) is 8.98. The van der Waals surface area contributed by atoms with E-state index < -0.39 is 0 Å². The molecule has 0 unspecified atom stereocenters. The maximum Gasteiger partial charge on any atom is 0.268 e. The average Bonchev–Trinajstić information content (AvgIpc) is 3.62. The molecule has 0 aliphatic rings. The van der Waals surface area contributed by atoms with Crippen molar-refractivity contribution in [3.05, 3.63) is 102 Å². The summed E-state index contributed by atoms with van der Waals surface area (Å²) in [4.78, 5) is 9.62. The molecule has 0 atom stereocenters. The summed E-state index contributed by atoms with van der Waals surface area (Å²) in [7, 11) is 0. The molecule has 0 aliphatic carbocycles. The van der Waals surface area contributed by atoms with E-state index in [1.807, 2.05) is 84.9 Å². The Morgan fingerprint density at radius 1 is 0.900 bits per heavy atom. The summed E-state index contributed by atoms with van der Waals surface area (Å²) in [6.45, 7) is 1.79. The molecule has 0 saturated heterocycles. The van der Waals surface area contributed by atoms with Crippen LogP contribution in [0, 0.1) is 6.92 Å². The van der Waals surface area contributed by atoms with Gasteiger partial charge in [-0.2, -0.15) is 4.98 Å². The van der Waals surface area contributed by atoms with Crippen molar-refractivity contribution < 1.29 is 9.26 Å². The molecule has 0 aliphatic heterocycles. The molecule has 0 radical (unpaired) electrons. The molecule has 194 valence electrons. The fourth-order valence-corrected chi connectivity index (χ4v) is 5.50. The van der Waals surface area contributed by atoms with Gasteiger partial charge in [-0.25, -0.2) is 0 Å². The number of nitrogens with one attached hydrogen (secondary N) is 1. The van der Waals surface area contributed by atoms with Gasteiger partial charge in [0.05, 0.1) is 15.1 Å². The molecule has 4 aromatic heterocycles. The largest absolute Gasteiger partial charge is 0.456 e. The highest BCUT2D eigenvalue weighted by Gasteiger charge is 2.15. The van der Waals surface area contributed by atoms with Gasteiger partial charge in [-0.05, 0) is 49.4 Å². The number of benzene rings is 3. The lowest BCUT2D eigenvalue weighted by Crippen LogP contribution is -1.99. The van der Waals surface area contributed by atoms with Crippen LogP contribution in [-0.4, -0.2) is 25.3 Å². The number of aromatic nitrogens is 5. The first-order chi connectivity index (χ1) is 19.6. The quantitative estimate of drug-likeness (QED) is 0.215. The Morgan fingerprint density at radius 3 is 2.48 bits per heavy atom. The molecule has 0 amide bonds. The Kier molecular flexibility index (Phi) is 6.07. The summed E-state index contributed by atoms with van der Waals surface area (Å²) in [6.07, 6.45) is 1.72. The van der Waals surface area contributed by atoms with Gasteiger partial charge >= 0.3 is 0 Å². The topological polar surface area (TPSA) is 98.9 Å². The van der Waals surface area contributed by atoms with Gasteiger partial charge in [0.15, 0.2) is 11.6 Å². The number of anilines is 2. The van der Waals surface area contributed by atoms with Crippen LogP contribution in [0.2, 0.25) is 5.02 Å². The zero-order valence-corrected chi connectivity index (χ0v) is 22.6. The molecular weight excluding hydrogens is 544 g/mol. The second kappa shape index (κ2) is 10.0. The van der Waals surface area contributed by atoms with Crippen LogP contribution in [0.1, 0.15) is 5.82 Å². The van der Waals surface area contributed by atoms with E-state index in [9.17, 15) is 0 Å². The van der Waals surface area contributed by atoms with Crippen molar-refractivity contribution in [1.29, 1.82) is 0 Å². The van der Waals surface area contributed by atoms with Gasteiger partial charge in [-0.3, -0.25) is 4.98 Å². The summed E-state index contributed by atoms with van der Waals surface area (Å²) in [6, 6.07) is 27.1. The normalized spacial score (nSPS) is 11.2. The van der Waals surface area contributed by atoms with Crippen LogP contribution in [-0.2, 0) is 0 Å². The van der Waals surface area contributed by atoms with E-state index in [0.29, 0.717) is 34.1 Å². The first-order valence-corrected chi connectivity index (χ1v) is 13.6. The van der Waals surface area contributed by atoms with E-state index in [0.717, 1.165) is 42.8 Å². The summed E-state index contributed by atoms with van der Waals surface area (Å²) in [5, 5.41) is 19.0. The molecule has 4 heterocycles. The fraction of sp³-hybridized carbons (Fsp3) is 0.0333. The third-order valence-corrected chi connectivity index (χ3v) is 7.64. The van der Waals surface area contributed by atoms with Crippen LogP contribution in [0.25, 0.3) is 43.0 Å². The molecule has 7 aromatic rings. The first-order valence-electron chi connectivity index (χ1n) is 12.4. The van der Waals surface area contributed by atoms with Gasteiger partial charge in [0, 0.05) is 39.3 Å². The van der Waals surface area contributed by atoms with Crippen LogP contribution in [0.5, 0.6) is 11.5 Å². The number of halogens is 1. The predicted octanol–water partition coefficient (Wildman–Crippen LogP) is 8.45. The molecule has 0 fully saturated rings. The number of thiophene rings is 1. The predicted molar refractivity (Wildman–Crippen MR) is 157 cm³/mol. The molecule has 3 aromatic carbocycles. The van der Waals surface area contributed by atoms with Crippen molar-refractivity contribution in [2.75, 3.05) is 5.32 Å². The van der Waals surface area contributed by atoms with Gasteiger partial charge in [0.2, 0.25) is 0 Å². The zero-order valence-electron chi connectivity index (χ0n) is 21.0. The first kappa shape index (κ1) is 24.2. The van der Waals surface area contributed by atoms with Crippen LogP contribution in [0.3, 0.4) is 0 Å². The SMILES string of the molecule is Cc1noc(-c2cc3nccc(Oc4ccc(Nc5nnc(-c6ccc(Cl)cc6)c6ccccc56)cc4)c3s2)n1. The second-order valence-corrected chi connectivity index (χ2v) is 10.5. The summed E-state index contributed by atoms with van der Waals surface area (Å²) < 4.78 is 12.5. The summed E-state index contributed by atoms with van der Waals surface area (Å²) >= 11 is 7.57. The average molecular weight is 563 g/mol.